The highest BCUT2D eigenvalue weighted by atomic mass is 19.2. The minimum atomic E-state index is -1.71. The van der Waals surface area contributed by atoms with E-state index in [0.29, 0.717) is 0 Å². The molecule has 0 unspecified atom stereocenters. The Hall–Kier alpha value is -4.00. The largest absolute Gasteiger partial charge is 0.456 e. The average Bonchev–Trinajstić information content (AvgIpc) is 3.43. The lowest BCUT2D eigenvalue weighted by atomic mass is 10.0. The van der Waals surface area contributed by atoms with E-state index in [4.69, 9.17) is 34.2 Å². The zero-order valence-corrected chi connectivity index (χ0v) is 22.9. The molecule has 5 rings (SSSR count). The number of benzene rings is 1. The van der Waals surface area contributed by atoms with Crippen LogP contribution in [0.3, 0.4) is 0 Å². The number of nitrogens with zero attached hydrogens (tertiary/aromatic N) is 1. The summed E-state index contributed by atoms with van der Waals surface area (Å²) in [5, 5.41) is 13.3. The molecule has 0 aliphatic carbocycles. The van der Waals surface area contributed by atoms with Crippen molar-refractivity contribution in [3.63, 3.8) is 0 Å². The quantitative estimate of drug-likeness (QED) is 0.296. The number of methoxy groups -OCH3 is 1. The van der Waals surface area contributed by atoms with Gasteiger partial charge in [-0.15, -0.1) is 0 Å². The van der Waals surface area contributed by atoms with Gasteiger partial charge in [-0.2, -0.15) is 0 Å². The molecule has 2 saturated heterocycles. The summed E-state index contributed by atoms with van der Waals surface area (Å²) in [6, 6.07) is 3.76. The number of nitrogens with two attached hydrogens (primary N) is 1. The van der Waals surface area contributed by atoms with Crippen LogP contribution in [0.4, 0.5) is 14.5 Å². The second-order valence-corrected chi connectivity index (χ2v) is 10.3. The predicted molar refractivity (Wildman–Crippen MR) is 138 cm³/mol. The third-order valence-electron chi connectivity index (χ3n) is 6.90. The minimum absolute atomic E-state index is 0.0771. The second-order valence-electron chi connectivity index (χ2n) is 10.3. The first kappa shape index (κ1) is 30.5. The van der Waals surface area contributed by atoms with Crippen molar-refractivity contribution in [2.75, 3.05) is 12.4 Å². The van der Waals surface area contributed by atoms with Crippen molar-refractivity contribution in [3.8, 4) is 0 Å². The Balaban J connectivity index is 1.41. The Labute approximate surface area is 241 Å². The molecule has 2 aromatic rings. The number of fused-ring (bicyclic) bond motifs is 1. The fraction of sp³-hybridized carbons (Fsp3) is 0.462. The molecule has 0 spiro atoms. The lowest BCUT2D eigenvalue weighted by Gasteiger charge is -2.34. The van der Waals surface area contributed by atoms with E-state index in [1.54, 1.807) is 13.8 Å². The molecule has 5 N–H and O–H groups in total. The Kier molecular flexibility index (Phi) is 8.21. The molecular formula is C26H28F2N4O11. The fourth-order valence-corrected chi connectivity index (χ4v) is 5.04. The first-order valence-electron chi connectivity index (χ1n) is 12.9. The van der Waals surface area contributed by atoms with Crippen LogP contribution in [0.15, 0.2) is 51.9 Å². The van der Waals surface area contributed by atoms with E-state index in [-0.39, 0.29) is 11.4 Å². The third kappa shape index (κ3) is 6.08. The summed E-state index contributed by atoms with van der Waals surface area (Å²) in [5.41, 5.74) is 4.00. The number of H-pyrrole nitrogens is 1. The summed E-state index contributed by atoms with van der Waals surface area (Å²) in [7, 11) is 1.22. The SMILES string of the molecule is CO[C@H]1[C@@H](O)[C@H](n2ccc(=O)[nH]c2=O)O[C@@H]1[C@@H](O[C@H]1OC(C(=O)Nc2ccc(F)c(F)c2)=C[C@@H]2OC(C)(C)O[C@H]12)C(N)=O. The first-order valence-corrected chi connectivity index (χ1v) is 12.9. The van der Waals surface area contributed by atoms with Crippen LogP contribution in [0, 0.1) is 11.6 Å². The molecule has 1 aromatic heterocycles. The van der Waals surface area contributed by atoms with E-state index in [1.165, 1.54) is 13.2 Å². The molecule has 15 nitrogen and oxygen atoms in total. The first-order chi connectivity index (χ1) is 20.3. The van der Waals surface area contributed by atoms with E-state index in [9.17, 15) is 33.1 Å². The van der Waals surface area contributed by atoms with Crippen molar-refractivity contribution in [3.05, 3.63) is 74.8 Å². The molecule has 8 atom stereocenters. The normalized spacial score (nSPS) is 30.2. The molecule has 3 aliphatic rings. The Morgan fingerprint density at radius 3 is 2.58 bits per heavy atom. The summed E-state index contributed by atoms with van der Waals surface area (Å²) in [6.07, 6.45) is -8.50. The number of hydrogen-bond donors (Lipinski definition) is 4. The van der Waals surface area contributed by atoms with E-state index in [1.807, 2.05) is 4.98 Å². The van der Waals surface area contributed by atoms with Crippen LogP contribution in [0.1, 0.15) is 20.1 Å². The number of nitrogens with one attached hydrogen (secondary N) is 2. The number of amides is 2. The Morgan fingerprint density at radius 2 is 1.93 bits per heavy atom. The van der Waals surface area contributed by atoms with Gasteiger partial charge in [0, 0.05) is 31.1 Å². The maximum Gasteiger partial charge on any atom is 0.330 e. The number of aliphatic hydroxyl groups excluding tert-OH is 1. The van der Waals surface area contributed by atoms with Crippen molar-refractivity contribution >= 4 is 17.5 Å². The van der Waals surface area contributed by atoms with Gasteiger partial charge in [-0.3, -0.25) is 23.9 Å². The van der Waals surface area contributed by atoms with Gasteiger partial charge in [0.05, 0.1) is 0 Å². The van der Waals surface area contributed by atoms with Crippen LogP contribution in [0.2, 0.25) is 0 Å². The van der Waals surface area contributed by atoms with Gasteiger partial charge >= 0.3 is 5.69 Å². The highest BCUT2D eigenvalue weighted by Crippen LogP contribution is 2.39. The number of aromatic nitrogens is 2. The highest BCUT2D eigenvalue weighted by Gasteiger charge is 2.55. The summed E-state index contributed by atoms with van der Waals surface area (Å²) in [6.45, 7) is 3.18. The van der Waals surface area contributed by atoms with Crippen molar-refractivity contribution in [1.29, 1.82) is 0 Å². The Morgan fingerprint density at radius 1 is 1.19 bits per heavy atom. The smallest absolute Gasteiger partial charge is 0.330 e. The molecular weight excluding hydrogens is 582 g/mol. The maximum absolute atomic E-state index is 13.7. The molecule has 2 amide bonds. The van der Waals surface area contributed by atoms with E-state index >= 15 is 0 Å². The maximum atomic E-state index is 13.7. The van der Waals surface area contributed by atoms with Gasteiger partial charge in [-0.1, -0.05) is 0 Å². The van der Waals surface area contributed by atoms with Crippen LogP contribution in [0.25, 0.3) is 0 Å². The number of rotatable bonds is 8. The third-order valence-corrected chi connectivity index (χ3v) is 6.90. The van der Waals surface area contributed by atoms with Crippen molar-refractivity contribution in [2.45, 2.75) is 68.8 Å². The molecule has 3 aliphatic heterocycles. The van der Waals surface area contributed by atoms with Gasteiger partial charge in [0.1, 0.15) is 24.4 Å². The highest BCUT2D eigenvalue weighted by molar-refractivity contribution is 6.02. The van der Waals surface area contributed by atoms with Crippen molar-refractivity contribution in [2.24, 2.45) is 5.73 Å². The standard InChI is InChI=1S/C26H28F2N4O11/c1-26(2)42-13-9-14(22(36)30-10-4-5-11(27)12(28)8-10)39-24(17(13)43-26)41-20(21(29)35)19-18(38-3)16(34)23(40-19)32-7-6-15(33)31-25(32)37/h4-9,13,16-20,23-24,34H,1-3H3,(H2,29,35)(H,30,36)(H,31,33,37)/t13-,16+,17-,18-,19-,20+,23+,24+/m0/s1. The number of carbonyl (C=O) groups excluding carboxylic acids is 2. The van der Waals surface area contributed by atoms with Crippen LogP contribution in [-0.4, -0.2) is 82.3 Å². The molecule has 0 saturated carbocycles. The molecule has 0 bridgehead atoms. The summed E-state index contributed by atoms with van der Waals surface area (Å²) < 4.78 is 62.5. The molecule has 17 heteroatoms. The van der Waals surface area contributed by atoms with Crippen molar-refractivity contribution < 1.29 is 51.9 Å². The van der Waals surface area contributed by atoms with Crippen LogP contribution in [0.5, 0.6) is 0 Å². The lowest BCUT2D eigenvalue weighted by molar-refractivity contribution is -0.241. The number of hydrogen-bond acceptors (Lipinski definition) is 11. The van der Waals surface area contributed by atoms with Gasteiger partial charge in [0.15, 0.2) is 41.6 Å². The Bertz CT molecular complexity index is 1560. The fourth-order valence-electron chi connectivity index (χ4n) is 5.04. The van der Waals surface area contributed by atoms with Gasteiger partial charge in [0.25, 0.3) is 11.5 Å². The number of carbonyl (C=O) groups is 2. The second kappa shape index (κ2) is 11.6. The van der Waals surface area contributed by atoms with Gasteiger partial charge < -0.3 is 44.6 Å². The van der Waals surface area contributed by atoms with Crippen LogP contribution in [-0.2, 0) is 38.0 Å². The van der Waals surface area contributed by atoms with Gasteiger partial charge in [-0.25, -0.2) is 13.6 Å². The minimum Gasteiger partial charge on any atom is -0.456 e. The average molecular weight is 611 g/mol. The summed E-state index contributed by atoms with van der Waals surface area (Å²) in [4.78, 5) is 51.6. The predicted octanol–water partition coefficient (Wildman–Crippen LogP) is -0.642. The van der Waals surface area contributed by atoms with Gasteiger partial charge in [-0.05, 0) is 32.1 Å². The molecule has 232 valence electrons. The lowest BCUT2D eigenvalue weighted by Crippen LogP contribution is -2.53. The molecule has 1 aromatic carbocycles. The van der Waals surface area contributed by atoms with E-state index in [0.717, 1.165) is 35.0 Å². The number of ether oxygens (including phenoxy) is 6. The number of halogens is 2. The molecule has 0 radical (unpaired) electrons. The van der Waals surface area contributed by atoms with Crippen LogP contribution < -0.4 is 22.3 Å². The number of aliphatic hydroxyl groups is 1. The van der Waals surface area contributed by atoms with E-state index in [2.05, 4.69) is 5.32 Å². The molecule has 2 fully saturated rings. The molecule has 4 heterocycles. The number of aromatic amines is 1. The van der Waals surface area contributed by atoms with Crippen LogP contribution >= 0.6 is 0 Å². The zero-order chi connectivity index (χ0) is 31.2. The van der Waals surface area contributed by atoms with Gasteiger partial charge in [0.2, 0.25) is 12.2 Å². The number of primary amides is 1. The summed E-state index contributed by atoms with van der Waals surface area (Å²) >= 11 is 0. The monoisotopic (exact) mass is 610 g/mol. The summed E-state index contributed by atoms with van der Waals surface area (Å²) in [5.74, 6) is -5.83. The number of anilines is 1. The van der Waals surface area contributed by atoms with E-state index < -0.39 is 89.6 Å². The molecule has 43 heavy (non-hydrogen) atoms. The zero-order valence-electron chi connectivity index (χ0n) is 22.9. The topological polar surface area (TPSA) is 203 Å². The van der Waals surface area contributed by atoms with Crippen molar-refractivity contribution in [1.82, 2.24) is 9.55 Å².